The van der Waals surface area contributed by atoms with Crippen LogP contribution in [0, 0.1) is 0 Å². The first-order valence-corrected chi connectivity index (χ1v) is 14.5. The van der Waals surface area contributed by atoms with Crippen molar-refractivity contribution in [3.8, 4) is 22.8 Å². The number of furan rings is 1. The number of hydrogen-bond acceptors (Lipinski definition) is 8. The molecular formula is C31H29ClN2O6S. The summed E-state index contributed by atoms with van der Waals surface area (Å²) in [5.74, 6) is 1.70. The van der Waals surface area contributed by atoms with Crippen molar-refractivity contribution in [3.63, 3.8) is 0 Å². The summed E-state index contributed by atoms with van der Waals surface area (Å²) in [4.78, 5) is 32.2. The van der Waals surface area contributed by atoms with Gasteiger partial charge >= 0.3 is 5.97 Å². The summed E-state index contributed by atoms with van der Waals surface area (Å²) in [6.07, 6.45) is 1.68. The number of aromatic nitrogens is 1. The molecule has 0 radical (unpaired) electrons. The van der Waals surface area contributed by atoms with Gasteiger partial charge in [-0.05, 0) is 69.7 Å². The Labute approximate surface area is 245 Å². The molecule has 10 heteroatoms. The summed E-state index contributed by atoms with van der Waals surface area (Å²) < 4.78 is 24.9. The molecule has 0 saturated heterocycles. The number of ether oxygens (including phenoxy) is 3. The van der Waals surface area contributed by atoms with Gasteiger partial charge in [0.2, 0.25) is 0 Å². The average molecular weight is 593 g/mol. The standard InChI is InChI=1S/C31H29ClN2O6S/c1-5-37-24-13-11-20(16-25(24)38-6-2)28-27(30(36)39-7-3)18(4)33-31-34(28)29(35)26(41-31)17-22-12-14-23(40-22)19-9-8-10-21(32)15-19/h8-17,28H,5-7H2,1-4H3/b26-17+/t28-/m0/s1. The first kappa shape index (κ1) is 28.4. The molecule has 4 aromatic rings. The fourth-order valence-corrected chi connectivity index (χ4v) is 5.92. The van der Waals surface area contributed by atoms with Gasteiger partial charge in [-0.15, -0.1) is 0 Å². The lowest BCUT2D eigenvalue weighted by Crippen LogP contribution is -2.40. The van der Waals surface area contributed by atoms with Crippen LogP contribution in [0.1, 0.15) is 45.1 Å². The minimum absolute atomic E-state index is 0.188. The summed E-state index contributed by atoms with van der Waals surface area (Å²) in [6.45, 7) is 8.34. The normalized spacial score (nSPS) is 15.0. The van der Waals surface area contributed by atoms with Crippen LogP contribution >= 0.6 is 22.9 Å². The highest BCUT2D eigenvalue weighted by Crippen LogP contribution is 2.36. The molecule has 0 spiro atoms. The Balaban J connectivity index is 1.65. The predicted molar refractivity (Wildman–Crippen MR) is 158 cm³/mol. The molecule has 3 heterocycles. The molecule has 0 unspecified atom stereocenters. The van der Waals surface area contributed by atoms with Crippen molar-refractivity contribution in [1.82, 2.24) is 4.57 Å². The smallest absolute Gasteiger partial charge is 0.338 e. The lowest BCUT2D eigenvalue weighted by Gasteiger charge is -2.25. The van der Waals surface area contributed by atoms with Gasteiger partial charge in [0.1, 0.15) is 11.5 Å². The van der Waals surface area contributed by atoms with Gasteiger partial charge in [-0.2, -0.15) is 0 Å². The molecule has 0 bridgehead atoms. The maximum atomic E-state index is 13.9. The van der Waals surface area contributed by atoms with E-state index in [1.807, 2.05) is 44.2 Å². The molecule has 2 aromatic carbocycles. The highest BCUT2D eigenvalue weighted by Gasteiger charge is 2.34. The second-order valence-corrected chi connectivity index (χ2v) is 10.5. The van der Waals surface area contributed by atoms with E-state index in [0.717, 1.165) is 5.56 Å². The zero-order valence-electron chi connectivity index (χ0n) is 23.1. The quantitative estimate of drug-likeness (QED) is 0.238. The molecule has 212 valence electrons. The second-order valence-electron chi connectivity index (χ2n) is 9.09. The van der Waals surface area contributed by atoms with Crippen LogP contribution in [0.5, 0.6) is 11.5 Å². The highest BCUT2D eigenvalue weighted by atomic mass is 35.5. The van der Waals surface area contributed by atoms with Crippen molar-refractivity contribution in [2.75, 3.05) is 19.8 Å². The van der Waals surface area contributed by atoms with Crippen LogP contribution in [0.25, 0.3) is 17.4 Å². The van der Waals surface area contributed by atoms with E-state index in [0.29, 0.717) is 67.4 Å². The third-order valence-electron chi connectivity index (χ3n) is 6.41. The van der Waals surface area contributed by atoms with E-state index < -0.39 is 12.0 Å². The first-order valence-electron chi connectivity index (χ1n) is 13.3. The van der Waals surface area contributed by atoms with Gasteiger partial charge in [0, 0.05) is 16.7 Å². The zero-order valence-corrected chi connectivity index (χ0v) is 24.7. The third kappa shape index (κ3) is 5.73. The Kier molecular flexibility index (Phi) is 8.46. The molecule has 41 heavy (non-hydrogen) atoms. The number of esters is 1. The number of thiazole rings is 1. The number of halogens is 1. The van der Waals surface area contributed by atoms with E-state index in [1.165, 1.54) is 15.9 Å². The zero-order chi connectivity index (χ0) is 29.1. The Bertz CT molecular complexity index is 1820. The Hall–Kier alpha value is -4.08. The fraction of sp³-hybridized carbons (Fsp3) is 0.258. The SMILES string of the molecule is CCOC(=O)C1=C(C)N=c2s/c(=C/c3ccc(-c4cccc(Cl)c4)o3)c(=O)n2[C@H]1c1ccc(OCC)c(OCC)c1. The second kappa shape index (κ2) is 12.2. The Morgan fingerprint density at radius 1 is 1.05 bits per heavy atom. The predicted octanol–water partition coefficient (Wildman–Crippen LogP) is 5.51. The van der Waals surface area contributed by atoms with Crippen molar-refractivity contribution in [2.24, 2.45) is 4.99 Å². The summed E-state index contributed by atoms with van der Waals surface area (Å²) in [6, 6.07) is 15.6. The number of carbonyl (C=O) groups excluding carboxylic acids is 1. The number of hydrogen-bond donors (Lipinski definition) is 0. The molecule has 1 aliphatic heterocycles. The van der Waals surface area contributed by atoms with Crippen molar-refractivity contribution in [3.05, 3.63) is 102 Å². The fourth-order valence-electron chi connectivity index (χ4n) is 4.70. The van der Waals surface area contributed by atoms with E-state index in [4.69, 9.17) is 30.2 Å². The lowest BCUT2D eigenvalue weighted by atomic mass is 9.95. The van der Waals surface area contributed by atoms with E-state index in [2.05, 4.69) is 4.99 Å². The molecule has 0 amide bonds. The lowest BCUT2D eigenvalue weighted by molar-refractivity contribution is -0.139. The molecule has 1 atom stereocenters. The topological polar surface area (TPSA) is 92.3 Å². The number of fused-ring (bicyclic) bond motifs is 1. The molecule has 8 nitrogen and oxygen atoms in total. The largest absolute Gasteiger partial charge is 0.490 e. The van der Waals surface area contributed by atoms with E-state index >= 15 is 0 Å². The molecule has 5 rings (SSSR count). The maximum Gasteiger partial charge on any atom is 0.338 e. The molecular weight excluding hydrogens is 564 g/mol. The van der Waals surface area contributed by atoms with Crippen molar-refractivity contribution in [2.45, 2.75) is 33.7 Å². The summed E-state index contributed by atoms with van der Waals surface area (Å²) >= 11 is 7.36. The van der Waals surface area contributed by atoms with Crippen LogP contribution in [-0.2, 0) is 9.53 Å². The van der Waals surface area contributed by atoms with Crippen LogP contribution in [0.3, 0.4) is 0 Å². The van der Waals surface area contributed by atoms with E-state index in [1.54, 1.807) is 44.2 Å². The number of nitrogens with zero attached hydrogens (tertiary/aromatic N) is 2. The van der Waals surface area contributed by atoms with Crippen molar-refractivity contribution < 1.29 is 23.4 Å². The van der Waals surface area contributed by atoms with Crippen molar-refractivity contribution >= 4 is 35.0 Å². The summed E-state index contributed by atoms with van der Waals surface area (Å²) in [7, 11) is 0. The number of benzene rings is 2. The molecule has 2 aromatic heterocycles. The summed E-state index contributed by atoms with van der Waals surface area (Å²) in [5, 5.41) is 0.600. The van der Waals surface area contributed by atoms with E-state index in [9.17, 15) is 9.59 Å². The Morgan fingerprint density at radius 3 is 2.56 bits per heavy atom. The number of rotatable bonds is 9. The maximum absolute atomic E-state index is 13.9. The van der Waals surface area contributed by atoms with Crippen LogP contribution < -0.4 is 24.4 Å². The van der Waals surface area contributed by atoms with Crippen LogP contribution in [0.4, 0.5) is 0 Å². The van der Waals surface area contributed by atoms with Gasteiger partial charge in [-0.3, -0.25) is 9.36 Å². The third-order valence-corrected chi connectivity index (χ3v) is 7.63. The van der Waals surface area contributed by atoms with Gasteiger partial charge in [-0.25, -0.2) is 9.79 Å². The van der Waals surface area contributed by atoms with Gasteiger partial charge < -0.3 is 18.6 Å². The number of carbonyl (C=O) groups is 1. The van der Waals surface area contributed by atoms with Crippen LogP contribution in [-0.4, -0.2) is 30.4 Å². The van der Waals surface area contributed by atoms with Gasteiger partial charge in [-0.1, -0.05) is 41.1 Å². The molecule has 0 aliphatic carbocycles. The Morgan fingerprint density at radius 2 is 1.83 bits per heavy atom. The van der Waals surface area contributed by atoms with Crippen LogP contribution in [0.15, 0.2) is 80.1 Å². The minimum Gasteiger partial charge on any atom is -0.490 e. The molecule has 0 saturated carbocycles. The monoisotopic (exact) mass is 592 g/mol. The summed E-state index contributed by atoms with van der Waals surface area (Å²) in [5.41, 5.74) is 1.96. The number of allylic oxidation sites excluding steroid dienone is 1. The van der Waals surface area contributed by atoms with Gasteiger partial charge in [0.05, 0.1) is 41.7 Å². The van der Waals surface area contributed by atoms with E-state index in [-0.39, 0.29) is 12.2 Å². The molecule has 0 fully saturated rings. The van der Waals surface area contributed by atoms with Gasteiger partial charge in [0.15, 0.2) is 16.3 Å². The first-order chi connectivity index (χ1) is 19.8. The molecule has 0 N–H and O–H groups in total. The average Bonchev–Trinajstić information content (AvgIpc) is 3.53. The van der Waals surface area contributed by atoms with Crippen LogP contribution in [0.2, 0.25) is 5.02 Å². The van der Waals surface area contributed by atoms with Gasteiger partial charge in [0.25, 0.3) is 5.56 Å². The highest BCUT2D eigenvalue weighted by molar-refractivity contribution is 7.07. The minimum atomic E-state index is -0.777. The molecule has 1 aliphatic rings. The van der Waals surface area contributed by atoms with Crippen molar-refractivity contribution in [1.29, 1.82) is 0 Å².